The summed E-state index contributed by atoms with van der Waals surface area (Å²) < 4.78 is 16.8. The molecule has 0 spiro atoms. The van der Waals surface area contributed by atoms with E-state index in [2.05, 4.69) is 39.0 Å². The van der Waals surface area contributed by atoms with Crippen LogP contribution in [0.15, 0.2) is 72.1 Å². The fraction of sp³-hybridized carbons (Fsp3) is 0.267. The first kappa shape index (κ1) is 24.9. The van der Waals surface area contributed by atoms with Crippen molar-refractivity contribution in [1.82, 2.24) is 0 Å². The van der Waals surface area contributed by atoms with Crippen molar-refractivity contribution in [1.29, 1.82) is 5.26 Å². The average molecular weight is 483 g/mol. The highest BCUT2D eigenvalue weighted by atomic mass is 16.6. The highest BCUT2D eigenvalue weighted by molar-refractivity contribution is 5.74. The van der Waals surface area contributed by atoms with Gasteiger partial charge in [0, 0.05) is 11.6 Å². The van der Waals surface area contributed by atoms with Crippen molar-refractivity contribution in [3.63, 3.8) is 0 Å². The fourth-order valence-corrected chi connectivity index (χ4v) is 4.34. The zero-order valence-electron chi connectivity index (χ0n) is 21.2. The quantitative estimate of drug-likeness (QED) is 0.365. The molecule has 0 aliphatic carbocycles. The molecule has 184 valence electrons. The van der Waals surface area contributed by atoms with Crippen LogP contribution in [0.5, 0.6) is 17.2 Å². The first-order valence-electron chi connectivity index (χ1n) is 11.8. The van der Waals surface area contributed by atoms with Crippen LogP contribution in [0.1, 0.15) is 54.5 Å². The van der Waals surface area contributed by atoms with Gasteiger partial charge in [0.05, 0.1) is 5.92 Å². The topological polar surface area (TPSA) is 94.6 Å². The van der Waals surface area contributed by atoms with E-state index in [4.69, 9.17) is 19.9 Å². The van der Waals surface area contributed by atoms with Crippen LogP contribution in [-0.2, 0) is 10.2 Å². The second-order valence-electron chi connectivity index (χ2n) is 10.1. The molecule has 3 aromatic carbocycles. The van der Waals surface area contributed by atoms with Gasteiger partial charge in [-0.05, 0) is 59.7 Å². The van der Waals surface area contributed by atoms with Gasteiger partial charge in [0.15, 0.2) is 6.61 Å². The summed E-state index contributed by atoms with van der Waals surface area (Å²) >= 11 is 0. The van der Waals surface area contributed by atoms with Crippen molar-refractivity contribution in [3.8, 4) is 23.3 Å². The van der Waals surface area contributed by atoms with E-state index in [0.29, 0.717) is 22.8 Å². The lowest BCUT2D eigenvalue weighted by Crippen LogP contribution is -2.22. The van der Waals surface area contributed by atoms with Gasteiger partial charge in [-0.3, -0.25) is 0 Å². The van der Waals surface area contributed by atoms with E-state index in [1.54, 1.807) is 18.2 Å². The Kier molecular flexibility index (Phi) is 6.76. The molecule has 0 radical (unpaired) electrons. The van der Waals surface area contributed by atoms with Gasteiger partial charge in [-0.25, -0.2) is 4.79 Å². The fourth-order valence-electron chi connectivity index (χ4n) is 4.34. The van der Waals surface area contributed by atoms with Crippen LogP contribution in [0.3, 0.4) is 0 Å². The number of hydrogen-bond acceptors (Lipinski definition) is 6. The van der Waals surface area contributed by atoms with Gasteiger partial charge in [-0.1, -0.05) is 57.2 Å². The Morgan fingerprint density at radius 3 is 2.28 bits per heavy atom. The van der Waals surface area contributed by atoms with Gasteiger partial charge in [0.2, 0.25) is 5.88 Å². The third kappa shape index (κ3) is 5.36. The second-order valence-corrected chi connectivity index (χ2v) is 10.1. The Bertz CT molecular complexity index is 1360. The Morgan fingerprint density at radius 2 is 1.67 bits per heavy atom. The van der Waals surface area contributed by atoms with E-state index in [1.807, 2.05) is 44.2 Å². The molecule has 2 N–H and O–H groups in total. The lowest BCUT2D eigenvalue weighted by atomic mass is 9.81. The molecule has 1 aliphatic rings. The van der Waals surface area contributed by atoms with Crippen molar-refractivity contribution in [3.05, 3.63) is 99.9 Å². The number of carbonyl (C=O) groups excluding carboxylic acids is 1. The molecule has 0 fully saturated rings. The molecule has 6 nitrogen and oxygen atoms in total. The van der Waals surface area contributed by atoms with E-state index < -0.39 is 5.97 Å². The molecule has 0 saturated heterocycles. The molecule has 1 atom stereocenters. The summed E-state index contributed by atoms with van der Waals surface area (Å²) in [6.07, 6.45) is 0. The minimum absolute atomic E-state index is 0.0136. The van der Waals surface area contributed by atoms with Crippen LogP contribution in [0, 0.1) is 25.2 Å². The van der Waals surface area contributed by atoms with Gasteiger partial charge < -0.3 is 19.9 Å². The number of aryl methyl sites for hydroxylation is 2. The number of rotatable bonds is 5. The van der Waals surface area contributed by atoms with Crippen LogP contribution in [-0.4, -0.2) is 12.6 Å². The van der Waals surface area contributed by atoms with Crippen LogP contribution in [0.2, 0.25) is 0 Å². The predicted molar refractivity (Wildman–Crippen MR) is 138 cm³/mol. The third-order valence-electron chi connectivity index (χ3n) is 6.08. The minimum Gasteiger partial charge on any atom is -0.482 e. The molecule has 0 bridgehead atoms. The van der Waals surface area contributed by atoms with Crippen molar-refractivity contribution in [2.24, 2.45) is 5.73 Å². The van der Waals surface area contributed by atoms with Gasteiger partial charge in [0.1, 0.15) is 28.9 Å². The number of hydrogen-bond donors (Lipinski definition) is 1. The third-order valence-corrected chi connectivity index (χ3v) is 6.08. The minimum atomic E-state index is -0.541. The summed E-state index contributed by atoms with van der Waals surface area (Å²) in [7, 11) is 0. The van der Waals surface area contributed by atoms with E-state index >= 15 is 0 Å². The summed E-state index contributed by atoms with van der Waals surface area (Å²) in [5.74, 6) is 0.470. The van der Waals surface area contributed by atoms with Gasteiger partial charge >= 0.3 is 5.97 Å². The monoisotopic (exact) mass is 482 g/mol. The van der Waals surface area contributed by atoms with Gasteiger partial charge in [-0.2, -0.15) is 5.26 Å². The highest BCUT2D eigenvalue weighted by Crippen LogP contribution is 2.43. The van der Waals surface area contributed by atoms with Crippen molar-refractivity contribution in [2.45, 2.75) is 46.0 Å². The number of nitrogens with two attached hydrogens (primary N) is 1. The zero-order valence-corrected chi connectivity index (χ0v) is 21.2. The lowest BCUT2D eigenvalue weighted by Gasteiger charge is -2.27. The normalized spacial score (nSPS) is 14.9. The number of allylic oxidation sites excluding steroid dienone is 1. The molecule has 0 aromatic heterocycles. The largest absolute Gasteiger partial charge is 0.482 e. The molecule has 0 amide bonds. The molecular formula is C30H30N2O4. The molecule has 1 heterocycles. The standard InChI is InChI=1S/C30H30N2O4/c1-18-12-19(2)14-23(13-18)34-17-27(33)35-22-10-11-24-26(15-22)36-29(32)25(16-31)28(24)20-6-8-21(9-7-20)30(3,4)5/h6-15,28H,17,32H2,1-5H3. The second kappa shape index (κ2) is 9.79. The summed E-state index contributed by atoms with van der Waals surface area (Å²) in [4.78, 5) is 12.4. The first-order valence-corrected chi connectivity index (χ1v) is 11.8. The van der Waals surface area contributed by atoms with E-state index in [9.17, 15) is 10.1 Å². The maximum atomic E-state index is 12.4. The van der Waals surface area contributed by atoms with Crippen LogP contribution >= 0.6 is 0 Å². The van der Waals surface area contributed by atoms with Crippen molar-refractivity contribution in [2.75, 3.05) is 6.61 Å². The number of esters is 1. The number of fused-ring (bicyclic) bond motifs is 1. The highest BCUT2D eigenvalue weighted by Gasteiger charge is 2.31. The average Bonchev–Trinajstić information content (AvgIpc) is 2.81. The molecule has 3 aromatic rings. The zero-order chi connectivity index (χ0) is 26.0. The smallest absolute Gasteiger partial charge is 0.349 e. The number of carbonyl (C=O) groups is 1. The van der Waals surface area contributed by atoms with Gasteiger partial charge in [-0.15, -0.1) is 0 Å². The van der Waals surface area contributed by atoms with E-state index in [-0.39, 0.29) is 23.8 Å². The lowest BCUT2D eigenvalue weighted by molar-refractivity contribution is -0.136. The maximum Gasteiger partial charge on any atom is 0.349 e. The Balaban J connectivity index is 1.55. The first-order chi connectivity index (χ1) is 17.0. The maximum absolute atomic E-state index is 12.4. The number of nitrogens with zero attached hydrogens (tertiary/aromatic N) is 1. The summed E-state index contributed by atoms with van der Waals surface area (Å²) in [6.45, 7) is 10.2. The molecule has 1 unspecified atom stereocenters. The van der Waals surface area contributed by atoms with Crippen LogP contribution in [0.4, 0.5) is 0 Å². The Labute approximate surface area is 211 Å². The number of benzene rings is 3. The van der Waals surface area contributed by atoms with Crippen molar-refractivity contribution < 1.29 is 19.0 Å². The molecule has 6 heteroatoms. The molecule has 0 saturated carbocycles. The number of nitriles is 1. The molecule has 36 heavy (non-hydrogen) atoms. The Morgan fingerprint density at radius 1 is 1.00 bits per heavy atom. The summed E-state index contributed by atoms with van der Waals surface area (Å²) in [5, 5.41) is 9.81. The SMILES string of the molecule is Cc1cc(C)cc(OCC(=O)Oc2ccc3c(c2)OC(N)=C(C#N)C3c2ccc(C(C)(C)C)cc2)c1. The summed E-state index contributed by atoms with van der Waals surface area (Å²) in [5.41, 5.74) is 11.5. The molecule has 4 rings (SSSR count). The van der Waals surface area contributed by atoms with Gasteiger partial charge in [0.25, 0.3) is 0 Å². The predicted octanol–water partition coefficient (Wildman–Crippen LogP) is 5.80. The van der Waals surface area contributed by atoms with Crippen molar-refractivity contribution >= 4 is 5.97 Å². The van der Waals surface area contributed by atoms with E-state index in [0.717, 1.165) is 22.3 Å². The molecular weight excluding hydrogens is 452 g/mol. The van der Waals surface area contributed by atoms with E-state index in [1.165, 1.54) is 5.56 Å². The van der Waals surface area contributed by atoms with Crippen LogP contribution < -0.4 is 19.9 Å². The van der Waals surface area contributed by atoms with Crippen LogP contribution in [0.25, 0.3) is 0 Å². The Hall–Kier alpha value is -4.24. The molecule has 1 aliphatic heterocycles. The summed E-state index contributed by atoms with van der Waals surface area (Å²) in [6, 6.07) is 21.2. The number of ether oxygens (including phenoxy) is 3.